The molecule has 0 unspecified atom stereocenters. The Kier molecular flexibility index (Phi) is 4.95. The average molecular weight is 334 g/mol. The molecular formula is C20H18N2O3. The lowest BCUT2D eigenvalue weighted by molar-refractivity contribution is 0.209. The molecule has 3 rings (SSSR count). The quantitative estimate of drug-likeness (QED) is 0.733. The van der Waals surface area contributed by atoms with Crippen molar-refractivity contribution in [2.45, 2.75) is 6.54 Å². The molecule has 0 saturated heterocycles. The number of ether oxygens (including phenoxy) is 1. The second kappa shape index (κ2) is 7.49. The molecular weight excluding hydrogens is 316 g/mol. The largest absolute Gasteiger partial charge is 0.419 e. The highest BCUT2D eigenvalue weighted by molar-refractivity contribution is 5.88. The molecule has 0 bridgehead atoms. The second-order valence-corrected chi connectivity index (χ2v) is 5.58. The number of rotatable bonds is 4. The zero-order valence-electron chi connectivity index (χ0n) is 13.8. The highest BCUT2D eigenvalue weighted by Gasteiger charge is 2.14. The van der Waals surface area contributed by atoms with Crippen LogP contribution in [0.25, 0.3) is 0 Å². The minimum Gasteiger partial charge on any atom is -0.410 e. The SMILES string of the molecule is CN(C(=O)Oc1ccccc1)c1ccn(Cc2ccccc2)c(=O)c1. The number of pyridine rings is 1. The van der Waals surface area contributed by atoms with Crippen molar-refractivity contribution in [2.24, 2.45) is 0 Å². The van der Waals surface area contributed by atoms with E-state index >= 15 is 0 Å². The summed E-state index contributed by atoms with van der Waals surface area (Å²) >= 11 is 0. The number of anilines is 1. The Bertz CT molecular complexity index is 905. The molecule has 0 aliphatic heterocycles. The highest BCUT2D eigenvalue weighted by Crippen LogP contribution is 2.14. The summed E-state index contributed by atoms with van der Waals surface area (Å²) < 4.78 is 6.87. The molecule has 0 radical (unpaired) electrons. The molecule has 0 spiro atoms. The molecule has 1 aromatic heterocycles. The van der Waals surface area contributed by atoms with Crippen LogP contribution in [-0.4, -0.2) is 17.7 Å². The Morgan fingerprint density at radius 2 is 1.64 bits per heavy atom. The van der Waals surface area contributed by atoms with Gasteiger partial charge in [0.1, 0.15) is 5.75 Å². The first-order valence-electron chi connectivity index (χ1n) is 7.88. The van der Waals surface area contributed by atoms with Gasteiger partial charge in [-0.1, -0.05) is 48.5 Å². The number of hydrogen-bond donors (Lipinski definition) is 0. The van der Waals surface area contributed by atoms with E-state index in [0.717, 1.165) is 5.56 Å². The maximum Gasteiger partial charge on any atom is 0.419 e. The third-order valence-electron chi connectivity index (χ3n) is 3.78. The van der Waals surface area contributed by atoms with Crippen LogP contribution < -0.4 is 15.2 Å². The van der Waals surface area contributed by atoms with E-state index in [1.807, 2.05) is 36.4 Å². The monoisotopic (exact) mass is 334 g/mol. The van der Waals surface area contributed by atoms with Crippen molar-refractivity contribution < 1.29 is 9.53 Å². The van der Waals surface area contributed by atoms with Crippen LogP contribution in [0.2, 0.25) is 0 Å². The molecule has 126 valence electrons. The lowest BCUT2D eigenvalue weighted by atomic mass is 10.2. The maximum atomic E-state index is 12.3. The van der Waals surface area contributed by atoms with E-state index in [0.29, 0.717) is 18.0 Å². The third kappa shape index (κ3) is 4.14. The van der Waals surface area contributed by atoms with Crippen LogP contribution in [-0.2, 0) is 6.54 Å². The van der Waals surface area contributed by atoms with Crippen LogP contribution in [0.15, 0.2) is 83.8 Å². The van der Waals surface area contributed by atoms with E-state index in [4.69, 9.17) is 4.74 Å². The second-order valence-electron chi connectivity index (χ2n) is 5.58. The predicted molar refractivity (Wildman–Crippen MR) is 97.1 cm³/mol. The fourth-order valence-corrected chi connectivity index (χ4v) is 2.38. The van der Waals surface area contributed by atoms with Gasteiger partial charge in [-0.3, -0.25) is 9.69 Å². The molecule has 5 nitrogen and oxygen atoms in total. The number of para-hydroxylation sites is 1. The Morgan fingerprint density at radius 1 is 1.00 bits per heavy atom. The Morgan fingerprint density at radius 3 is 2.28 bits per heavy atom. The van der Waals surface area contributed by atoms with Gasteiger partial charge in [0, 0.05) is 19.3 Å². The van der Waals surface area contributed by atoms with Gasteiger partial charge in [0.2, 0.25) is 0 Å². The van der Waals surface area contributed by atoms with E-state index in [1.165, 1.54) is 11.0 Å². The van der Waals surface area contributed by atoms with E-state index in [2.05, 4.69) is 0 Å². The lowest BCUT2D eigenvalue weighted by Crippen LogP contribution is -2.31. The van der Waals surface area contributed by atoms with E-state index in [-0.39, 0.29) is 5.56 Å². The minimum atomic E-state index is -0.550. The van der Waals surface area contributed by atoms with Crippen molar-refractivity contribution in [3.63, 3.8) is 0 Å². The molecule has 0 aliphatic carbocycles. The molecule has 0 aliphatic rings. The molecule has 5 heteroatoms. The summed E-state index contributed by atoms with van der Waals surface area (Å²) in [6.07, 6.45) is 1.13. The molecule has 0 saturated carbocycles. The van der Waals surface area contributed by atoms with Crippen LogP contribution in [0.1, 0.15) is 5.56 Å². The number of hydrogen-bond acceptors (Lipinski definition) is 3. The number of carbonyl (C=O) groups excluding carboxylic acids is 1. The number of amides is 1. The van der Waals surface area contributed by atoms with Crippen molar-refractivity contribution in [3.05, 3.63) is 94.9 Å². The number of benzene rings is 2. The van der Waals surface area contributed by atoms with Crippen LogP contribution in [0.5, 0.6) is 5.75 Å². The van der Waals surface area contributed by atoms with Crippen molar-refractivity contribution in [2.75, 3.05) is 11.9 Å². The van der Waals surface area contributed by atoms with Crippen LogP contribution in [0, 0.1) is 0 Å². The van der Waals surface area contributed by atoms with Gasteiger partial charge in [-0.15, -0.1) is 0 Å². The first-order valence-corrected chi connectivity index (χ1v) is 7.88. The van der Waals surface area contributed by atoms with Crippen molar-refractivity contribution >= 4 is 11.8 Å². The summed E-state index contributed by atoms with van der Waals surface area (Å²) in [6, 6.07) is 21.7. The summed E-state index contributed by atoms with van der Waals surface area (Å²) in [6.45, 7) is 0.484. The fourth-order valence-electron chi connectivity index (χ4n) is 2.38. The Balaban J connectivity index is 1.73. The first kappa shape index (κ1) is 16.5. The maximum absolute atomic E-state index is 12.3. The van der Waals surface area contributed by atoms with Gasteiger partial charge in [-0.2, -0.15) is 0 Å². The van der Waals surface area contributed by atoms with Crippen molar-refractivity contribution in [1.29, 1.82) is 0 Å². The summed E-state index contributed by atoms with van der Waals surface area (Å²) in [5.41, 5.74) is 1.34. The van der Waals surface area contributed by atoms with Gasteiger partial charge < -0.3 is 9.30 Å². The molecule has 1 heterocycles. The zero-order valence-corrected chi connectivity index (χ0v) is 13.8. The average Bonchev–Trinajstić information content (AvgIpc) is 2.64. The fraction of sp³-hybridized carbons (Fsp3) is 0.100. The van der Waals surface area contributed by atoms with Gasteiger partial charge >= 0.3 is 6.09 Å². The van der Waals surface area contributed by atoms with Crippen LogP contribution >= 0.6 is 0 Å². The molecule has 0 fully saturated rings. The summed E-state index contributed by atoms with van der Waals surface area (Å²) in [7, 11) is 1.57. The summed E-state index contributed by atoms with van der Waals surface area (Å²) in [5.74, 6) is 0.455. The minimum absolute atomic E-state index is 0.180. The summed E-state index contributed by atoms with van der Waals surface area (Å²) in [5, 5.41) is 0. The van der Waals surface area contributed by atoms with Crippen molar-refractivity contribution in [3.8, 4) is 5.75 Å². The zero-order chi connectivity index (χ0) is 17.6. The molecule has 25 heavy (non-hydrogen) atoms. The normalized spacial score (nSPS) is 10.3. The van der Waals surface area contributed by atoms with Gasteiger partial charge in [0.15, 0.2) is 0 Å². The van der Waals surface area contributed by atoms with Crippen molar-refractivity contribution in [1.82, 2.24) is 4.57 Å². The standard InChI is InChI=1S/C20H18N2O3/c1-21(20(24)25-18-10-6-3-7-11-18)17-12-13-22(19(23)14-17)15-16-8-4-2-5-9-16/h2-14H,15H2,1H3. The van der Waals surface area contributed by atoms with E-state index in [9.17, 15) is 9.59 Å². The molecule has 3 aromatic rings. The molecule has 0 N–H and O–H groups in total. The number of aromatic nitrogens is 1. The van der Waals surface area contributed by atoms with Crippen LogP contribution in [0.3, 0.4) is 0 Å². The predicted octanol–water partition coefficient (Wildman–Crippen LogP) is 3.53. The van der Waals surface area contributed by atoms with Gasteiger partial charge in [0.05, 0.1) is 12.2 Å². The van der Waals surface area contributed by atoms with E-state index < -0.39 is 6.09 Å². The van der Waals surface area contributed by atoms with Gasteiger partial charge in [0.25, 0.3) is 5.56 Å². The molecule has 2 aromatic carbocycles. The van der Waals surface area contributed by atoms with Crippen LogP contribution in [0.4, 0.5) is 10.5 Å². The topological polar surface area (TPSA) is 51.5 Å². The number of nitrogens with zero attached hydrogens (tertiary/aromatic N) is 2. The summed E-state index contributed by atoms with van der Waals surface area (Å²) in [4.78, 5) is 25.8. The Labute approximate surface area is 145 Å². The highest BCUT2D eigenvalue weighted by atomic mass is 16.6. The van der Waals surface area contributed by atoms with Gasteiger partial charge in [-0.25, -0.2) is 4.79 Å². The third-order valence-corrected chi connectivity index (χ3v) is 3.78. The molecule has 0 atom stereocenters. The van der Waals surface area contributed by atoms with E-state index in [1.54, 1.807) is 48.1 Å². The smallest absolute Gasteiger partial charge is 0.410 e. The number of carbonyl (C=O) groups is 1. The lowest BCUT2D eigenvalue weighted by Gasteiger charge is -2.17. The molecule has 1 amide bonds. The van der Waals surface area contributed by atoms with Gasteiger partial charge in [-0.05, 0) is 23.8 Å². The Hall–Kier alpha value is -3.34. The first-order chi connectivity index (χ1) is 12.1.